The Morgan fingerprint density at radius 2 is 1.90 bits per heavy atom. The zero-order chi connectivity index (χ0) is 15.0. The van der Waals surface area contributed by atoms with Gasteiger partial charge in [-0.2, -0.15) is 0 Å². The van der Waals surface area contributed by atoms with Crippen molar-refractivity contribution >= 4 is 28.9 Å². The summed E-state index contributed by atoms with van der Waals surface area (Å²) in [5.41, 5.74) is 4.26. The second kappa shape index (κ2) is 5.88. The van der Waals surface area contributed by atoms with Gasteiger partial charge in [-0.3, -0.25) is 0 Å². The minimum atomic E-state index is -0.599. The Labute approximate surface area is 134 Å². The van der Waals surface area contributed by atoms with Crippen LogP contribution < -0.4 is 4.90 Å². The molecule has 1 unspecified atom stereocenters. The minimum Gasteiger partial charge on any atom is -0.388 e. The van der Waals surface area contributed by atoms with Crippen LogP contribution in [-0.4, -0.2) is 18.7 Å². The third-order valence-electron chi connectivity index (χ3n) is 4.08. The third-order valence-corrected chi connectivity index (χ3v) is 4.78. The van der Waals surface area contributed by atoms with E-state index < -0.39 is 6.10 Å². The fourth-order valence-corrected chi connectivity index (χ4v) is 3.38. The van der Waals surface area contributed by atoms with Crippen LogP contribution in [0.3, 0.4) is 0 Å². The van der Waals surface area contributed by atoms with E-state index >= 15 is 0 Å². The molecular formula is C17H17Cl2NO. The van der Waals surface area contributed by atoms with Crippen molar-refractivity contribution in [2.75, 3.05) is 18.5 Å². The Kier molecular flexibility index (Phi) is 4.12. The quantitative estimate of drug-likeness (QED) is 0.912. The molecule has 3 rings (SSSR count). The van der Waals surface area contributed by atoms with Crippen LogP contribution >= 0.6 is 23.2 Å². The molecule has 2 nitrogen and oxygen atoms in total. The molecule has 0 radical (unpaired) electrons. The summed E-state index contributed by atoms with van der Waals surface area (Å²) in [7, 11) is 2.09. The van der Waals surface area contributed by atoms with Gasteiger partial charge in [0.2, 0.25) is 0 Å². The number of aliphatic hydroxyl groups excluding tert-OH is 1. The summed E-state index contributed by atoms with van der Waals surface area (Å²) in [5, 5.41) is 11.7. The highest BCUT2D eigenvalue weighted by atomic mass is 35.5. The molecule has 0 amide bonds. The molecule has 0 fully saturated rings. The molecule has 1 heterocycles. The number of anilines is 1. The van der Waals surface area contributed by atoms with E-state index in [0.29, 0.717) is 16.5 Å². The Balaban J connectivity index is 1.85. The lowest BCUT2D eigenvalue weighted by Crippen LogP contribution is -2.12. The predicted molar refractivity (Wildman–Crippen MR) is 88.5 cm³/mol. The lowest BCUT2D eigenvalue weighted by molar-refractivity contribution is 0.178. The standard InChI is InChI=1S/C17H17Cl2NO/c1-20-8-7-11-9-12(5-6-16(11)20)17(21)10-13-14(18)3-2-4-15(13)19/h2-6,9,17,21H,7-8,10H2,1H3. The zero-order valence-corrected chi connectivity index (χ0v) is 13.3. The second-order valence-electron chi connectivity index (χ2n) is 5.48. The number of hydrogen-bond acceptors (Lipinski definition) is 2. The fraction of sp³-hybridized carbons (Fsp3) is 0.294. The van der Waals surface area contributed by atoms with Crippen molar-refractivity contribution in [3.8, 4) is 0 Å². The van der Waals surface area contributed by atoms with Crippen molar-refractivity contribution in [2.24, 2.45) is 0 Å². The first kappa shape index (κ1) is 14.7. The second-order valence-corrected chi connectivity index (χ2v) is 6.29. The summed E-state index contributed by atoms with van der Waals surface area (Å²) in [4.78, 5) is 2.23. The van der Waals surface area contributed by atoms with Gasteiger partial charge in [0.05, 0.1) is 6.10 Å². The normalized spacial score (nSPS) is 15.1. The highest BCUT2D eigenvalue weighted by Gasteiger charge is 2.19. The number of halogens is 2. The van der Waals surface area contributed by atoms with Gasteiger partial charge in [0.1, 0.15) is 0 Å². The summed E-state index contributed by atoms with van der Waals surface area (Å²) in [6.07, 6.45) is 0.852. The van der Waals surface area contributed by atoms with Gasteiger partial charge in [-0.05, 0) is 41.3 Å². The molecule has 21 heavy (non-hydrogen) atoms. The minimum absolute atomic E-state index is 0.424. The molecule has 0 saturated heterocycles. The first-order valence-corrected chi connectivity index (χ1v) is 7.77. The smallest absolute Gasteiger partial charge is 0.0831 e. The van der Waals surface area contributed by atoms with Crippen molar-refractivity contribution in [1.82, 2.24) is 0 Å². The van der Waals surface area contributed by atoms with Crippen molar-refractivity contribution in [2.45, 2.75) is 18.9 Å². The van der Waals surface area contributed by atoms with Crippen molar-refractivity contribution < 1.29 is 5.11 Å². The number of aliphatic hydroxyl groups is 1. The summed E-state index contributed by atoms with van der Waals surface area (Å²) in [6.45, 7) is 1.03. The van der Waals surface area contributed by atoms with Gasteiger partial charge >= 0.3 is 0 Å². The highest BCUT2D eigenvalue weighted by Crippen LogP contribution is 2.33. The van der Waals surface area contributed by atoms with Crippen molar-refractivity contribution in [3.63, 3.8) is 0 Å². The lowest BCUT2D eigenvalue weighted by Gasteiger charge is -2.16. The van der Waals surface area contributed by atoms with Crippen LogP contribution in [0.15, 0.2) is 36.4 Å². The van der Waals surface area contributed by atoms with E-state index in [0.717, 1.165) is 24.1 Å². The maximum Gasteiger partial charge on any atom is 0.0831 e. The number of nitrogens with zero attached hydrogens (tertiary/aromatic N) is 1. The average Bonchev–Trinajstić information content (AvgIpc) is 2.84. The van der Waals surface area contributed by atoms with Gasteiger partial charge in [-0.15, -0.1) is 0 Å². The van der Waals surface area contributed by atoms with E-state index in [9.17, 15) is 5.11 Å². The van der Waals surface area contributed by atoms with Crippen LogP contribution in [0.1, 0.15) is 22.8 Å². The van der Waals surface area contributed by atoms with Crippen LogP contribution in [0.5, 0.6) is 0 Å². The van der Waals surface area contributed by atoms with Crippen molar-refractivity contribution in [3.05, 3.63) is 63.1 Å². The summed E-state index contributed by atoms with van der Waals surface area (Å²) >= 11 is 12.3. The Bertz CT molecular complexity index is 652. The van der Waals surface area contributed by atoms with E-state index in [1.807, 2.05) is 12.1 Å². The van der Waals surface area contributed by atoms with Crippen LogP contribution in [0.4, 0.5) is 5.69 Å². The van der Waals surface area contributed by atoms with Gasteiger partial charge in [0.25, 0.3) is 0 Å². The Morgan fingerprint density at radius 3 is 2.62 bits per heavy atom. The van der Waals surface area contributed by atoms with Crippen LogP contribution in [0, 0.1) is 0 Å². The first-order chi connectivity index (χ1) is 10.1. The molecule has 110 valence electrons. The largest absolute Gasteiger partial charge is 0.388 e. The highest BCUT2D eigenvalue weighted by molar-refractivity contribution is 6.36. The van der Waals surface area contributed by atoms with Gasteiger partial charge in [0, 0.05) is 35.7 Å². The maximum atomic E-state index is 10.5. The molecule has 0 spiro atoms. The topological polar surface area (TPSA) is 23.5 Å². The van der Waals surface area contributed by atoms with Crippen LogP contribution in [-0.2, 0) is 12.8 Å². The first-order valence-electron chi connectivity index (χ1n) is 7.01. The van der Waals surface area contributed by atoms with E-state index in [2.05, 4.69) is 24.1 Å². The number of benzene rings is 2. The SMILES string of the molecule is CN1CCc2cc(C(O)Cc3c(Cl)cccc3Cl)ccc21. The van der Waals surface area contributed by atoms with E-state index in [4.69, 9.17) is 23.2 Å². The van der Waals surface area contributed by atoms with E-state index in [1.165, 1.54) is 11.3 Å². The summed E-state index contributed by atoms with van der Waals surface area (Å²) < 4.78 is 0. The third kappa shape index (κ3) is 2.89. The average molecular weight is 322 g/mol. The predicted octanol–water partition coefficient (Wildman–Crippen LogP) is 4.26. The maximum absolute atomic E-state index is 10.5. The van der Waals surface area contributed by atoms with E-state index in [-0.39, 0.29) is 0 Å². The van der Waals surface area contributed by atoms with Gasteiger partial charge < -0.3 is 10.0 Å². The Hall–Kier alpha value is -1.22. The molecule has 1 aliphatic heterocycles. The number of rotatable bonds is 3. The summed E-state index contributed by atoms with van der Waals surface area (Å²) in [6, 6.07) is 11.6. The fourth-order valence-electron chi connectivity index (χ4n) is 2.83. The van der Waals surface area contributed by atoms with Gasteiger partial charge in [0.15, 0.2) is 0 Å². The number of fused-ring (bicyclic) bond motifs is 1. The van der Waals surface area contributed by atoms with Gasteiger partial charge in [-0.1, -0.05) is 41.4 Å². The monoisotopic (exact) mass is 321 g/mol. The molecule has 4 heteroatoms. The number of likely N-dealkylation sites (N-methyl/N-ethyl adjacent to an activating group) is 1. The molecule has 0 bridgehead atoms. The van der Waals surface area contributed by atoms with Crippen molar-refractivity contribution in [1.29, 1.82) is 0 Å². The zero-order valence-electron chi connectivity index (χ0n) is 11.8. The molecule has 0 aliphatic carbocycles. The molecule has 0 aromatic heterocycles. The molecule has 2 aromatic rings. The summed E-state index contributed by atoms with van der Waals surface area (Å²) in [5.74, 6) is 0. The molecule has 0 saturated carbocycles. The van der Waals surface area contributed by atoms with Crippen LogP contribution in [0.25, 0.3) is 0 Å². The van der Waals surface area contributed by atoms with E-state index in [1.54, 1.807) is 12.1 Å². The molecule has 1 N–H and O–H groups in total. The molecular weight excluding hydrogens is 305 g/mol. The molecule has 2 aromatic carbocycles. The molecule has 1 atom stereocenters. The van der Waals surface area contributed by atoms with Gasteiger partial charge in [-0.25, -0.2) is 0 Å². The lowest BCUT2D eigenvalue weighted by atomic mass is 9.99. The Morgan fingerprint density at radius 1 is 1.19 bits per heavy atom. The van der Waals surface area contributed by atoms with Crippen LogP contribution in [0.2, 0.25) is 10.0 Å². The molecule has 1 aliphatic rings. The number of hydrogen-bond donors (Lipinski definition) is 1.